The number of carbonyl (C=O) groups is 2. The van der Waals surface area contributed by atoms with E-state index in [9.17, 15) is 19.7 Å². The number of thiophene rings is 1. The fourth-order valence-corrected chi connectivity index (χ4v) is 3.86. The van der Waals surface area contributed by atoms with E-state index >= 15 is 0 Å². The van der Waals surface area contributed by atoms with E-state index in [1.165, 1.54) is 23.5 Å². The molecule has 1 saturated heterocycles. The summed E-state index contributed by atoms with van der Waals surface area (Å²) < 4.78 is 0. The summed E-state index contributed by atoms with van der Waals surface area (Å²) in [7, 11) is 0. The van der Waals surface area contributed by atoms with Gasteiger partial charge in [-0.05, 0) is 24.4 Å². The first-order valence-electron chi connectivity index (χ1n) is 9.03. The van der Waals surface area contributed by atoms with E-state index in [1.807, 2.05) is 21.7 Å². The molecule has 2 amide bonds. The predicted octanol–water partition coefficient (Wildman–Crippen LogP) is 2.15. The van der Waals surface area contributed by atoms with Crippen LogP contribution in [0.3, 0.4) is 0 Å². The zero-order valence-corrected chi connectivity index (χ0v) is 16.4. The number of nitro benzene ring substituents is 1. The molecule has 0 spiro atoms. The summed E-state index contributed by atoms with van der Waals surface area (Å²) in [5.41, 5.74) is 1.36. The van der Waals surface area contributed by atoms with Crippen LogP contribution in [0.15, 0.2) is 35.0 Å². The van der Waals surface area contributed by atoms with Crippen LogP contribution >= 0.6 is 11.3 Å². The van der Waals surface area contributed by atoms with Crippen molar-refractivity contribution in [3.05, 3.63) is 61.8 Å². The number of piperazine rings is 1. The van der Waals surface area contributed by atoms with Crippen LogP contribution in [0, 0.1) is 17.0 Å². The van der Waals surface area contributed by atoms with Gasteiger partial charge in [0, 0.05) is 61.8 Å². The number of nitro groups is 1. The lowest BCUT2D eigenvalue weighted by atomic mass is 10.1. The van der Waals surface area contributed by atoms with Crippen molar-refractivity contribution in [2.75, 3.05) is 39.3 Å². The van der Waals surface area contributed by atoms with Crippen molar-refractivity contribution in [1.29, 1.82) is 0 Å². The quantitative estimate of drug-likeness (QED) is 0.590. The first-order valence-corrected chi connectivity index (χ1v) is 9.97. The van der Waals surface area contributed by atoms with E-state index in [2.05, 4.69) is 10.2 Å². The Bertz CT molecular complexity index is 861. The van der Waals surface area contributed by atoms with Gasteiger partial charge in [-0.25, -0.2) is 0 Å². The molecule has 1 aliphatic rings. The molecule has 148 valence electrons. The Morgan fingerprint density at radius 1 is 1.21 bits per heavy atom. The number of rotatable bonds is 6. The minimum Gasteiger partial charge on any atom is -0.351 e. The molecule has 28 heavy (non-hydrogen) atoms. The normalized spacial score (nSPS) is 14.7. The van der Waals surface area contributed by atoms with E-state index in [1.54, 1.807) is 13.0 Å². The standard InChI is InChI=1S/C19H22N4O4S/c1-14-16(3-2-4-17(14)23(26)27)18(24)20-6-7-21-8-10-22(11-9-21)19(25)15-5-12-28-13-15/h2-5,12-13H,6-11H2,1H3,(H,20,24). The second kappa shape index (κ2) is 8.94. The minimum absolute atomic E-state index is 0.0564. The van der Waals surface area contributed by atoms with Gasteiger partial charge in [-0.15, -0.1) is 0 Å². The third-order valence-electron chi connectivity index (χ3n) is 4.89. The van der Waals surface area contributed by atoms with Gasteiger partial charge in [0.15, 0.2) is 0 Å². The molecule has 3 rings (SSSR count). The maximum Gasteiger partial charge on any atom is 0.273 e. The molecule has 0 radical (unpaired) electrons. The number of benzene rings is 1. The predicted molar refractivity (Wildman–Crippen MR) is 107 cm³/mol. The smallest absolute Gasteiger partial charge is 0.273 e. The number of nitrogens with one attached hydrogen (secondary N) is 1. The molecule has 0 bridgehead atoms. The van der Waals surface area contributed by atoms with Gasteiger partial charge in [-0.2, -0.15) is 11.3 Å². The van der Waals surface area contributed by atoms with Gasteiger partial charge in [-0.1, -0.05) is 6.07 Å². The molecule has 1 aliphatic heterocycles. The molecule has 1 aromatic carbocycles. The summed E-state index contributed by atoms with van der Waals surface area (Å²) in [6, 6.07) is 6.34. The van der Waals surface area contributed by atoms with Crippen LogP contribution in [-0.2, 0) is 0 Å². The van der Waals surface area contributed by atoms with Crippen LogP contribution in [0.5, 0.6) is 0 Å². The maximum atomic E-state index is 12.4. The molecule has 2 aromatic rings. The van der Waals surface area contributed by atoms with Crippen LogP contribution < -0.4 is 5.32 Å². The molecule has 1 aromatic heterocycles. The summed E-state index contributed by atoms with van der Waals surface area (Å²) in [5, 5.41) is 17.6. The fraction of sp³-hybridized carbons (Fsp3) is 0.368. The van der Waals surface area contributed by atoms with Gasteiger partial charge in [0.05, 0.1) is 10.5 Å². The minimum atomic E-state index is -0.483. The molecule has 0 atom stereocenters. The third kappa shape index (κ3) is 4.55. The van der Waals surface area contributed by atoms with Crippen LogP contribution in [0.25, 0.3) is 0 Å². The number of hydrogen-bond acceptors (Lipinski definition) is 6. The highest BCUT2D eigenvalue weighted by atomic mass is 32.1. The average Bonchev–Trinajstić information content (AvgIpc) is 3.22. The van der Waals surface area contributed by atoms with Gasteiger partial charge in [0.2, 0.25) is 0 Å². The largest absolute Gasteiger partial charge is 0.351 e. The van der Waals surface area contributed by atoms with E-state index in [0.29, 0.717) is 37.3 Å². The lowest BCUT2D eigenvalue weighted by molar-refractivity contribution is -0.385. The number of nitrogens with zero attached hydrogens (tertiary/aromatic N) is 3. The summed E-state index contributed by atoms with van der Waals surface area (Å²) in [6.45, 7) is 5.51. The first-order chi connectivity index (χ1) is 13.5. The van der Waals surface area contributed by atoms with Crippen LogP contribution in [-0.4, -0.2) is 65.8 Å². The highest BCUT2D eigenvalue weighted by Crippen LogP contribution is 2.20. The summed E-state index contributed by atoms with van der Waals surface area (Å²) >= 11 is 1.51. The van der Waals surface area contributed by atoms with Gasteiger partial charge < -0.3 is 10.2 Å². The van der Waals surface area contributed by atoms with Crippen molar-refractivity contribution in [3.8, 4) is 0 Å². The highest BCUT2D eigenvalue weighted by molar-refractivity contribution is 7.08. The van der Waals surface area contributed by atoms with E-state index in [0.717, 1.165) is 18.7 Å². The monoisotopic (exact) mass is 402 g/mol. The van der Waals surface area contributed by atoms with E-state index in [4.69, 9.17) is 0 Å². The lowest BCUT2D eigenvalue weighted by Crippen LogP contribution is -2.50. The maximum absolute atomic E-state index is 12.4. The number of amides is 2. The molecule has 1 fully saturated rings. The molecule has 0 aliphatic carbocycles. The van der Waals surface area contributed by atoms with Crippen molar-refractivity contribution in [3.63, 3.8) is 0 Å². The van der Waals surface area contributed by atoms with Gasteiger partial charge >= 0.3 is 0 Å². The molecular weight excluding hydrogens is 380 g/mol. The van der Waals surface area contributed by atoms with Crippen LogP contribution in [0.2, 0.25) is 0 Å². The van der Waals surface area contributed by atoms with Gasteiger partial charge in [0.25, 0.3) is 17.5 Å². The Kier molecular flexibility index (Phi) is 6.37. The Morgan fingerprint density at radius 3 is 2.61 bits per heavy atom. The highest BCUT2D eigenvalue weighted by Gasteiger charge is 2.22. The second-order valence-corrected chi connectivity index (χ2v) is 7.39. The SMILES string of the molecule is Cc1c(C(=O)NCCN2CCN(C(=O)c3ccsc3)CC2)cccc1[N+](=O)[O-]. The first kappa shape index (κ1) is 20.0. The lowest BCUT2D eigenvalue weighted by Gasteiger charge is -2.34. The Morgan fingerprint density at radius 2 is 1.96 bits per heavy atom. The number of hydrogen-bond donors (Lipinski definition) is 1. The van der Waals surface area contributed by atoms with E-state index in [-0.39, 0.29) is 17.5 Å². The van der Waals surface area contributed by atoms with E-state index < -0.39 is 4.92 Å². The zero-order valence-electron chi connectivity index (χ0n) is 15.6. The van der Waals surface area contributed by atoms with Crippen LogP contribution in [0.4, 0.5) is 5.69 Å². The van der Waals surface area contributed by atoms with Gasteiger partial charge in [0.1, 0.15) is 0 Å². The molecular formula is C19H22N4O4S. The Balaban J connectivity index is 1.45. The fourth-order valence-electron chi connectivity index (χ4n) is 3.23. The van der Waals surface area contributed by atoms with Crippen LogP contribution in [0.1, 0.15) is 26.3 Å². The van der Waals surface area contributed by atoms with Crippen molar-refractivity contribution in [2.24, 2.45) is 0 Å². The topological polar surface area (TPSA) is 95.8 Å². The van der Waals surface area contributed by atoms with Crippen molar-refractivity contribution >= 4 is 28.8 Å². The second-order valence-electron chi connectivity index (χ2n) is 6.61. The zero-order chi connectivity index (χ0) is 20.1. The molecule has 8 nitrogen and oxygen atoms in total. The third-order valence-corrected chi connectivity index (χ3v) is 5.57. The number of carbonyl (C=O) groups excluding carboxylic acids is 2. The van der Waals surface area contributed by atoms with Crippen molar-refractivity contribution < 1.29 is 14.5 Å². The molecule has 1 N–H and O–H groups in total. The van der Waals surface area contributed by atoms with Gasteiger partial charge in [-0.3, -0.25) is 24.6 Å². The molecule has 0 unspecified atom stereocenters. The molecule has 2 heterocycles. The Hall–Kier alpha value is -2.78. The van der Waals surface area contributed by atoms with Crippen molar-refractivity contribution in [1.82, 2.24) is 15.1 Å². The van der Waals surface area contributed by atoms with Crippen molar-refractivity contribution in [2.45, 2.75) is 6.92 Å². The Labute approximate surface area is 166 Å². The molecule has 9 heteroatoms. The molecule has 0 saturated carbocycles. The average molecular weight is 402 g/mol. The summed E-state index contributed by atoms with van der Waals surface area (Å²) in [4.78, 5) is 39.3. The summed E-state index contributed by atoms with van der Waals surface area (Å²) in [6.07, 6.45) is 0. The summed E-state index contributed by atoms with van der Waals surface area (Å²) in [5.74, 6) is -0.247.